The van der Waals surface area contributed by atoms with Crippen LogP contribution < -0.4 is 0 Å². The number of alkyl halides is 1. The number of hydrogen-bond donors (Lipinski definition) is 2. The van der Waals surface area contributed by atoms with Crippen LogP contribution in [0.4, 0.5) is 4.39 Å². The maximum absolute atomic E-state index is 13.3. The summed E-state index contributed by atoms with van der Waals surface area (Å²) in [5.41, 5.74) is 0.936. The molecule has 0 saturated carbocycles. The number of aliphatic hydroxyl groups is 1. The normalized spacial score (nSPS) is 14.8. The van der Waals surface area contributed by atoms with Crippen LogP contribution in [0.5, 0.6) is 0 Å². The maximum Gasteiger partial charge on any atom is 0.179 e. The van der Waals surface area contributed by atoms with E-state index in [1.54, 1.807) is 0 Å². The summed E-state index contributed by atoms with van der Waals surface area (Å²) in [6.07, 6.45) is 0. The summed E-state index contributed by atoms with van der Waals surface area (Å²) in [5, 5.41) is 23.7. The number of benzene rings is 1. The van der Waals surface area contributed by atoms with Gasteiger partial charge >= 0.3 is 0 Å². The van der Waals surface area contributed by atoms with E-state index in [4.69, 9.17) is 0 Å². The second-order valence-electron chi connectivity index (χ2n) is 4.27. The molecule has 2 N–H and O–H groups in total. The van der Waals surface area contributed by atoms with E-state index in [1.807, 2.05) is 13.8 Å². The van der Waals surface area contributed by atoms with E-state index in [0.717, 1.165) is 0 Å². The van der Waals surface area contributed by atoms with Gasteiger partial charge in [0.15, 0.2) is 5.82 Å². The van der Waals surface area contributed by atoms with Gasteiger partial charge in [-0.05, 0) is 44.4 Å². The highest BCUT2D eigenvalue weighted by molar-refractivity contribution is 9.09. The first-order chi connectivity index (χ1) is 8.43. The minimum atomic E-state index is -1.27. The number of nitrogens with one attached hydrogen (secondary N) is 1. The first-order valence-electron chi connectivity index (χ1n) is 5.38. The van der Waals surface area contributed by atoms with Gasteiger partial charge in [-0.3, -0.25) is 0 Å². The van der Waals surface area contributed by atoms with Gasteiger partial charge < -0.3 is 5.11 Å². The van der Waals surface area contributed by atoms with Gasteiger partial charge in [0, 0.05) is 11.1 Å². The Bertz CT molecular complexity index is 542. The Labute approximate surface area is 112 Å². The van der Waals surface area contributed by atoms with Crippen molar-refractivity contribution in [3.8, 4) is 11.4 Å². The molecule has 0 aliphatic heterocycles. The molecule has 0 radical (unpaired) electrons. The van der Waals surface area contributed by atoms with Crippen molar-refractivity contribution in [3.63, 3.8) is 0 Å². The molecule has 0 amide bonds. The largest absolute Gasteiger partial charge is 0.374 e. The van der Waals surface area contributed by atoms with E-state index in [1.165, 1.54) is 18.2 Å². The van der Waals surface area contributed by atoms with Gasteiger partial charge in [-0.1, -0.05) is 19.9 Å². The first-order valence-corrected chi connectivity index (χ1v) is 6.17. The molecular weight excluding hydrogens is 303 g/mol. The molecule has 0 bridgehead atoms. The Hall–Kier alpha value is -1.34. The van der Waals surface area contributed by atoms with Gasteiger partial charge in [-0.25, -0.2) is 9.49 Å². The number of tetrazole rings is 1. The molecule has 5 nitrogen and oxygen atoms in total. The molecule has 0 saturated heterocycles. The molecule has 7 heteroatoms. The van der Waals surface area contributed by atoms with E-state index >= 15 is 0 Å². The molecule has 0 unspecified atom stereocenters. The highest BCUT2D eigenvalue weighted by atomic mass is 79.9. The van der Waals surface area contributed by atoms with Crippen molar-refractivity contribution in [2.24, 2.45) is 5.92 Å². The predicted molar refractivity (Wildman–Crippen MR) is 67.2 cm³/mol. The monoisotopic (exact) mass is 314 g/mol. The third-order valence-electron chi connectivity index (χ3n) is 2.72. The van der Waals surface area contributed by atoms with Crippen LogP contribution in [0.3, 0.4) is 0 Å². The fraction of sp³-hybridized carbons (Fsp3) is 0.364. The second-order valence-corrected chi connectivity index (χ2v) is 5.48. The number of nitrogens with zero attached hydrogens (tertiary/aromatic N) is 3. The van der Waals surface area contributed by atoms with Crippen molar-refractivity contribution in [2.75, 3.05) is 0 Å². The molecule has 1 aromatic heterocycles. The lowest BCUT2D eigenvalue weighted by atomic mass is 9.94. The van der Waals surface area contributed by atoms with Crippen LogP contribution >= 0.6 is 15.9 Å². The lowest BCUT2D eigenvalue weighted by molar-refractivity contribution is 0.0951. The lowest BCUT2D eigenvalue weighted by Gasteiger charge is -2.27. The smallest absolute Gasteiger partial charge is 0.179 e. The highest BCUT2D eigenvalue weighted by Crippen LogP contribution is 2.40. The number of aromatic nitrogens is 4. The number of hydrogen-bond acceptors (Lipinski definition) is 4. The Morgan fingerprint density at radius 2 is 2.17 bits per heavy atom. The molecule has 0 spiro atoms. The molecule has 1 heterocycles. The third kappa shape index (κ3) is 2.28. The quantitative estimate of drug-likeness (QED) is 0.852. The van der Waals surface area contributed by atoms with Crippen molar-refractivity contribution < 1.29 is 9.50 Å². The number of halogens is 2. The minimum absolute atomic E-state index is 0.113. The number of aromatic amines is 1. The SMILES string of the molecule is CC(C)[C@@](O)(Br)c1ccc(F)cc1-c1nnn[nH]1. The first kappa shape index (κ1) is 13.1. The van der Waals surface area contributed by atoms with Crippen LogP contribution in [0.1, 0.15) is 19.4 Å². The predicted octanol–water partition coefficient (Wildman–Crippen LogP) is 2.20. The second kappa shape index (κ2) is 4.74. The average Bonchev–Trinajstić information content (AvgIpc) is 2.81. The zero-order valence-electron chi connectivity index (χ0n) is 9.85. The van der Waals surface area contributed by atoms with E-state index in [2.05, 4.69) is 36.6 Å². The molecule has 0 aliphatic carbocycles. The molecule has 1 atom stereocenters. The summed E-state index contributed by atoms with van der Waals surface area (Å²) in [4.78, 5) is 0. The van der Waals surface area contributed by atoms with Gasteiger partial charge in [-0.15, -0.1) is 5.10 Å². The van der Waals surface area contributed by atoms with Gasteiger partial charge in [0.2, 0.25) is 0 Å². The standard InChI is InChI=1S/C11H12BrFN4O/c1-6(2)11(12,18)9-4-3-7(13)5-8(9)10-14-16-17-15-10/h3-6,18H,1-2H3,(H,14,15,16,17)/t11-/m0/s1. The minimum Gasteiger partial charge on any atom is -0.374 e. The topological polar surface area (TPSA) is 74.7 Å². The van der Waals surface area contributed by atoms with E-state index < -0.39 is 10.3 Å². The highest BCUT2D eigenvalue weighted by Gasteiger charge is 2.33. The van der Waals surface area contributed by atoms with E-state index in [-0.39, 0.29) is 5.92 Å². The van der Waals surface area contributed by atoms with E-state index in [9.17, 15) is 9.50 Å². The van der Waals surface area contributed by atoms with Gasteiger partial charge in [-0.2, -0.15) is 0 Å². The van der Waals surface area contributed by atoms with Crippen LogP contribution in [0.15, 0.2) is 18.2 Å². The van der Waals surface area contributed by atoms with Crippen LogP contribution in [-0.4, -0.2) is 25.7 Å². The van der Waals surface area contributed by atoms with Crippen molar-refractivity contribution in [1.82, 2.24) is 20.6 Å². The Morgan fingerprint density at radius 3 is 2.72 bits per heavy atom. The average molecular weight is 315 g/mol. The molecule has 2 rings (SSSR count). The van der Waals surface area contributed by atoms with Crippen molar-refractivity contribution in [3.05, 3.63) is 29.6 Å². The zero-order valence-corrected chi connectivity index (χ0v) is 11.4. The summed E-state index contributed by atoms with van der Waals surface area (Å²) < 4.78 is 12.1. The summed E-state index contributed by atoms with van der Waals surface area (Å²) in [6.45, 7) is 3.70. The van der Waals surface area contributed by atoms with Crippen molar-refractivity contribution >= 4 is 15.9 Å². The van der Waals surface area contributed by atoms with Gasteiger partial charge in [0.1, 0.15) is 10.3 Å². The third-order valence-corrected chi connectivity index (χ3v) is 4.07. The summed E-state index contributed by atoms with van der Waals surface area (Å²) >= 11 is 3.27. The van der Waals surface area contributed by atoms with Gasteiger partial charge in [0.05, 0.1) is 0 Å². The summed E-state index contributed by atoms with van der Waals surface area (Å²) in [7, 11) is 0. The van der Waals surface area contributed by atoms with Crippen LogP contribution in [0.2, 0.25) is 0 Å². The van der Waals surface area contributed by atoms with Crippen LogP contribution in [0, 0.1) is 11.7 Å². The van der Waals surface area contributed by atoms with Crippen LogP contribution in [0.25, 0.3) is 11.4 Å². The zero-order chi connectivity index (χ0) is 13.3. The Balaban J connectivity index is 2.62. The molecule has 0 fully saturated rings. The van der Waals surface area contributed by atoms with E-state index in [0.29, 0.717) is 17.0 Å². The number of H-pyrrole nitrogens is 1. The summed E-state index contributed by atoms with van der Waals surface area (Å²) in [6, 6.07) is 4.09. The van der Waals surface area contributed by atoms with Crippen molar-refractivity contribution in [2.45, 2.75) is 18.4 Å². The van der Waals surface area contributed by atoms with Gasteiger partial charge in [0.25, 0.3) is 0 Å². The molecule has 0 aliphatic rings. The Morgan fingerprint density at radius 1 is 1.44 bits per heavy atom. The van der Waals surface area contributed by atoms with Crippen LogP contribution in [-0.2, 0) is 4.51 Å². The molecule has 2 aromatic rings. The molecule has 1 aromatic carbocycles. The maximum atomic E-state index is 13.3. The lowest BCUT2D eigenvalue weighted by Crippen LogP contribution is -2.25. The fourth-order valence-corrected chi connectivity index (χ4v) is 1.95. The Kier molecular flexibility index (Phi) is 3.45. The van der Waals surface area contributed by atoms with Crippen molar-refractivity contribution in [1.29, 1.82) is 0 Å². The molecule has 18 heavy (non-hydrogen) atoms. The fourth-order valence-electron chi connectivity index (χ4n) is 1.60. The molecule has 96 valence electrons. The number of rotatable bonds is 3. The molecular formula is C11H12BrFN4O. The summed E-state index contributed by atoms with van der Waals surface area (Å²) in [5.74, 6) is -0.224.